The third-order valence-corrected chi connectivity index (χ3v) is 3.73. The van der Waals surface area contributed by atoms with Gasteiger partial charge in [0.2, 0.25) is 0 Å². The summed E-state index contributed by atoms with van der Waals surface area (Å²) >= 11 is 0. The van der Waals surface area contributed by atoms with E-state index >= 15 is 0 Å². The van der Waals surface area contributed by atoms with Crippen molar-refractivity contribution in [2.75, 3.05) is 32.6 Å². The average Bonchev–Trinajstić information content (AvgIpc) is 3.35. The normalized spacial score (nSPS) is 14.6. The second-order valence-corrected chi connectivity index (χ2v) is 5.51. The molecule has 5 nitrogen and oxygen atoms in total. The van der Waals surface area contributed by atoms with Crippen LogP contribution in [0.5, 0.6) is 11.5 Å². The molecule has 0 heterocycles. The fraction of sp³-hybridized carbons (Fsp3) is 0.588. The van der Waals surface area contributed by atoms with Crippen LogP contribution in [0.25, 0.3) is 0 Å². The molecule has 0 saturated heterocycles. The predicted octanol–water partition coefficient (Wildman–Crippen LogP) is 3.27. The molecule has 0 amide bonds. The van der Waals surface area contributed by atoms with E-state index in [1.54, 1.807) is 14.2 Å². The lowest BCUT2D eigenvalue weighted by Crippen LogP contribution is -2.31. The van der Waals surface area contributed by atoms with Gasteiger partial charge in [0.15, 0.2) is 17.5 Å². The monoisotopic (exact) mass is 305 g/mol. The largest absolute Gasteiger partial charge is 0.493 e. The maximum absolute atomic E-state index is 5.59. The van der Waals surface area contributed by atoms with Gasteiger partial charge in [-0.1, -0.05) is 12.8 Å². The minimum Gasteiger partial charge on any atom is -0.493 e. The molecular weight excluding hydrogens is 278 g/mol. The Kier molecular flexibility index (Phi) is 6.37. The van der Waals surface area contributed by atoms with Crippen molar-refractivity contribution in [1.82, 2.24) is 5.32 Å². The van der Waals surface area contributed by atoms with Crippen LogP contribution in [0.3, 0.4) is 0 Å². The topological polar surface area (TPSA) is 54.9 Å². The van der Waals surface area contributed by atoms with Crippen molar-refractivity contribution in [2.24, 2.45) is 10.9 Å². The molecule has 122 valence electrons. The molecule has 22 heavy (non-hydrogen) atoms. The fourth-order valence-corrected chi connectivity index (χ4v) is 2.34. The van der Waals surface area contributed by atoms with E-state index in [-0.39, 0.29) is 0 Å². The van der Waals surface area contributed by atoms with Crippen molar-refractivity contribution in [3.05, 3.63) is 18.2 Å². The van der Waals surface area contributed by atoms with Gasteiger partial charge in [0.25, 0.3) is 0 Å². The summed E-state index contributed by atoms with van der Waals surface area (Å²) in [5, 5.41) is 6.63. The lowest BCUT2D eigenvalue weighted by atomic mass is 10.2. The third kappa shape index (κ3) is 5.13. The Morgan fingerprint density at radius 1 is 1.32 bits per heavy atom. The molecule has 1 aromatic carbocycles. The van der Waals surface area contributed by atoms with Gasteiger partial charge in [-0.05, 0) is 37.8 Å². The standard InChI is InChI=1S/C17H27N3O2/c1-4-22-16-12-14(9-10-15(16)21-3)20-17(18-2)19-11-5-6-13-7-8-13/h9-10,12-13H,4-8,11H2,1-3H3,(H2,18,19,20). The van der Waals surface area contributed by atoms with E-state index in [0.717, 1.165) is 35.6 Å². The van der Waals surface area contributed by atoms with Gasteiger partial charge < -0.3 is 20.1 Å². The molecule has 0 radical (unpaired) electrons. The number of rotatable bonds is 8. The Bertz CT molecular complexity index is 499. The molecular formula is C17H27N3O2. The molecule has 1 aliphatic carbocycles. The molecule has 1 saturated carbocycles. The van der Waals surface area contributed by atoms with Gasteiger partial charge in [-0.25, -0.2) is 0 Å². The first-order valence-electron chi connectivity index (χ1n) is 8.05. The number of ether oxygens (including phenoxy) is 2. The van der Waals surface area contributed by atoms with E-state index in [1.165, 1.54) is 25.7 Å². The van der Waals surface area contributed by atoms with Crippen molar-refractivity contribution >= 4 is 11.6 Å². The number of nitrogens with one attached hydrogen (secondary N) is 2. The van der Waals surface area contributed by atoms with Crippen molar-refractivity contribution in [2.45, 2.75) is 32.6 Å². The first kappa shape index (κ1) is 16.5. The summed E-state index contributed by atoms with van der Waals surface area (Å²) < 4.78 is 10.9. The van der Waals surface area contributed by atoms with E-state index in [2.05, 4.69) is 15.6 Å². The molecule has 0 aromatic heterocycles. The SMILES string of the molecule is CCOc1cc(NC(=NC)NCCCC2CC2)ccc1OC. The van der Waals surface area contributed by atoms with Gasteiger partial charge in [-0.2, -0.15) is 0 Å². The van der Waals surface area contributed by atoms with Crippen LogP contribution in [0, 0.1) is 5.92 Å². The lowest BCUT2D eigenvalue weighted by Gasteiger charge is -2.14. The van der Waals surface area contributed by atoms with Crippen LogP contribution in [-0.2, 0) is 0 Å². The Hall–Kier alpha value is -1.91. The summed E-state index contributed by atoms with van der Waals surface area (Å²) in [6.45, 7) is 3.51. The van der Waals surface area contributed by atoms with Crippen LogP contribution < -0.4 is 20.1 Å². The first-order chi connectivity index (χ1) is 10.8. The van der Waals surface area contributed by atoms with Gasteiger partial charge in [-0.3, -0.25) is 4.99 Å². The van der Waals surface area contributed by atoms with Gasteiger partial charge in [0, 0.05) is 25.3 Å². The summed E-state index contributed by atoms with van der Waals surface area (Å²) in [7, 11) is 3.43. The summed E-state index contributed by atoms with van der Waals surface area (Å²) in [5.41, 5.74) is 0.930. The van der Waals surface area contributed by atoms with Crippen LogP contribution in [-0.4, -0.2) is 33.3 Å². The van der Waals surface area contributed by atoms with E-state index in [9.17, 15) is 0 Å². The fourth-order valence-electron chi connectivity index (χ4n) is 2.34. The van der Waals surface area contributed by atoms with E-state index in [1.807, 2.05) is 25.1 Å². The Labute approximate surface area is 133 Å². The molecule has 0 unspecified atom stereocenters. The Balaban J connectivity index is 1.87. The second kappa shape index (κ2) is 8.51. The van der Waals surface area contributed by atoms with Crippen LogP contribution >= 0.6 is 0 Å². The van der Waals surface area contributed by atoms with Crippen LogP contribution in [0.1, 0.15) is 32.6 Å². The predicted molar refractivity (Wildman–Crippen MR) is 91.1 cm³/mol. The third-order valence-electron chi connectivity index (χ3n) is 3.73. The van der Waals surface area contributed by atoms with Crippen molar-refractivity contribution in [3.63, 3.8) is 0 Å². The highest BCUT2D eigenvalue weighted by Crippen LogP contribution is 2.33. The van der Waals surface area contributed by atoms with Gasteiger partial charge in [0.1, 0.15) is 0 Å². The highest BCUT2D eigenvalue weighted by Gasteiger charge is 2.20. The second-order valence-electron chi connectivity index (χ2n) is 5.51. The Morgan fingerprint density at radius 2 is 2.14 bits per heavy atom. The first-order valence-corrected chi connectivity index (χ1v) is 8.05. The maximum atomic E-state index is 5.59. The number of aliphatic imine (C=N–C) groups is 1. The molecule has 0 bridgehead atoms. The zero-order chi connectivity index (χ0) is 15.8. The Morgan fingerprint density at radius 3 is 2.77 bits per heavy atom. The minimum atomic E-state index is 0.605. The smallest absolute Gasteiger partial charge is 0.195 e. The number of hydrogen-bond donors (Lipinski definition) is 2. The van der Waals surface area contributed by atoms with Crippen LogP contribution in [0.15, 0.2) is 23.2 Å². The zero-order valence-electron chi connectivity index (χ0n) is 13.8. The molecule has 2 N–H and O–H groups in total. The van der Waals surface area contributed by atoms with Gasteiger partial charge in [-0.15, -0.1) is 0 Å². The van der Waals surface area contributed by atoms with Crippen LogP contribution in [0.4, 0.5) is 5.69 Å². The minimum absolute atomic E-state index is 0.605. The number of methoxy groups -OCH3 is 1. The molecule has 1 aromatic rings. The summed E-state index contributed by atoms with van der Waals surface area (Å²) in [4.78, 5) is 4.26. The summed E-state index contributed by atoms with van der Waals surface area (Å²) in [6.07, 6.45) is 5.34. The number of nitrogens with zero attached hydrogens (tertiary/aromatic N) is 1. The van der Waals surface area contributed by atoms with Gasteiger partial charge in [0.05, 0.1) is 13.7 Å². The zero-order valence-corrected chi connectivity index (χ0v) is 13.8. The van der Waals surface area contributed by atoms with Crippen molar-refractivity contribution in [3.8, 4) is 11.5 Å². The van der Waals surface area contributed by atoms with E-state index in [4.69, 9.17) is 9.47 Å². The molecule has 0 aliphatic heterocycles. The highest BCUT2D eigenvalue weighted by atomic mass is 16.5. The maximum Gasteiger partial charge on any atom is 0.195 e. The summed E-state index contributed by atoms with van der Waals surface area (Å²) in [5.74, 6) is 3.23. The quantitative estimate of drug-likeness (QED) is 0.440. The van der Waals surface area contributed by atoms with Crippen molar-refractivity contribution in [1.29, 1.82) is 0 Å². The molecule has 1 aliphatic rings. The number of hydrogen-bond acceptors (Lipinski definition) is 3. The van der Waals surface area contributed by atoms with Gasteiger partial charge >= 0.3 is 0 Å². The lowest BCUT2D eigenvalue weighted by molar-refractivity contribution is 0.311. The molecule has 1 fully saturated rings. The highest BCUT2D eigenvalue weighted by molar-refractivity contribution is 5.93. The molecule has 0 spiro atoms. The number of benzene rings is 1. The molecule has 2 rings (SSSR count). The average molecular weight is 305 g/mol. The van der Waals surface area contributed by atoms with Crippen LogP contribution in [0.2, 0.25) is 0 Å². The molecule has 0 atom stereocenters. The van der Waals surface area contributed by atoms with E-state index < -0.39 is 0 Å². The number of guanidine groups is 1. The number of anilines is 1. The molecule has 5 heteroatoms. The van der Waals surface area contributed by atoms with Crippen molar-refractivity contribution < 1.29 is 9.47 Å². The van der Waals surface area contributed by atoms with E-state index in [0.29, 0.717) is 6.61 Å². The summed E-state index contributed by atoms with van der Waals surface area (Å²) in [6, 6.07) is 5.78.